The van der Waals surface area contributed by atoms with Crippen LogP contribution in [0.2, 0.25) is 0 Å². The first-order valence-corrected chi connectivity index (χ1v) is 7.64. The number of aliphatic carboxylic acids is 1. The minimum Gasteiger partial charge on any atom is -0.479 e. The number of carbonyl (C=O) groups is 2. The summed E-state index contributed by atoms with van der Waals surface area (Å²) in [7, 11) is 0. The maximum atomic E-state index is 12.8. The van der Waals surface area contributed by atoms with Gasteiger partial charge in [-0.3, -0.25) is 4.79 Å². The second-order valence-electron chi connectivity index (χ2n) is 6.89. The third kappa shape index (κ3) is 3.06. The van der Waals surface area contributed by atoms with Gasteiger partial charge in [0.25, 0.3) is 0 Å². The fraction of sp³-hybridized carbons (Fsp3) is 0.867. The van der Waals surface area contributed by atoms with E-state index in [1.54, 1.807) is 4.90 Å². The van der Waals surface area contributed by atoms with Crippen LogP contribution in [-0.4, -0.2) is 53.7 Å². The topological polar surface area (TPSA) is 92.9 Å². The molecule has 2 aliphatic rings. The average Bonchev–Trinajstić information content (AvgIpc) is 2.44. The predicted octanol–water partition coefficient (Wildman–Crippen LogP) is 0.698. The van der Waals surface area contributed by atoms with E-state index in [0.717, 1.165) is 12.8 Å². The number of carboxylic acid groups (broad SMARTS) is 1. The van der Waals surface area contributed by atoms with E-state index in [2.05, 4.69) is 20.8 Å². The van der Waals surface area contributed by atoms with E-state index in [0.29, 0.717) is 6.54 Å². The number of hydrogen-bond donors (Lipinski definition) is 2. The zero-order valence-electron chi connectivity index (χ0n) is 13.0. The summed E-state index contributed by atoms with van der Waals surface area (Å²) < 4.78 is 5.18. The second kappa shape index (κ2) is 5.93. The molecule has 0 aromatic carbocycles. The van der Waals surface area contributed by atoms with Crippen LogP contribution in [0.4, 0.5) is 0 Å². The van der Waals surface area contributed by atoms with Gasteiger partial charge >= 0.3 is 5.97 Å². The third-order valence-corrected chi connectivity index (χ3v) is 5.45. The lowest BCUT2D eigenvalue weighted by Gasteiger charge is -2.47. The summed E-state index contributed by atoms with van der Waals surface area (Å²) in [5.41, 5.74) is 5.96. The zero-order valence-corrected chi connectivity index (χ0v) is 13.0. The van der Waals surface area contributed by atoms with Crippen LogP contribution in [0.3, 0.4) is 0 Å². The summed E-state index contributed by atoms with van der Waals surface area (Å²) in [5, 5.41) is 9.05. The van der Waals surface area contributed by atoms with Gasteiger partial charge in [0.2, 0.25) is 5.91 Å². The van der Waals surface area contributed by atoms with E-state index in [1.807, 2.05) is 0 Å². The van der Waals surface area contributed by atoms with Crippen LogP contribution >= 0.6 is 0 Å². The molecule has 1 saturated heterocycles. The molecular formula is C15H26N2O4. The lowest BCUT2D eigenvalue weighted by molar-refractivity contribution is -0.163. The molecule has 2 rings (SSSR count). The Labute approximate surface area is 125 Å². The Morgan fingerprint density at radius 1 is 1.33 bits per heavy atom. The van der Waals surface area contributed by atoms with E-state index in [9.17, 15) is 9.59 Å². The molecule has 2 fully saturated rings. The van der Waals surface area contributed by atoms with E-state index in [1.165, 1.54) is 0 Å². The SMILES string of the molecule is CC1C(N)CCC(C(=O)N2CCOC(C(=O)O)C2)C1(C)C. The summed E-state index contributed by atoms with van der Waals surface area (Å²) in [6.45, 7) is 7.17. The highest BCUT2D eigenvalue weighted by Crippen LogP contribution is 2.45. The van der Waals surface area contributed by atoms with Crippen LogP contribution in [0.5, 0.6) is 0 Å². The number of carboxylic acids is 1. The highest BCUT2D eigenvalue weighted by atomic mass is 16.5. The summed E-state index contributed by atoms with van der Waals surface area (Å²) in [4.78, 5) is 25.5. The van der Waals surface area contributed by atoms with Crippen molar-refractivity contribution in [3.8, 4) is 0 Å². The van der Waals surface area contributed by atoms with E-state index < -0.39 is 12.1 Å². The number of ether oxygens (including phenoxy) is 1. The fourth-order valence-corrected chi connectivity index (χ4v) is 3.51. The molecule has 1 heterocycles. The predicted molar refractivity (Wildman–Crippen MR) is 77.6 cm³/mol. The molecule has 0 bridgehead atoms. The molecule has 0 aromatic rings. The Balaban J connectivity index is 2.10. The fourth-order valence-electron chi connectivity index (χ4n) is 3.51. The largest absolute Gasteiger partial charge is 0.479 e. The quantitative estimate of drug-likeness (QED) is 0.782. The van der Waals surface area contributed by atoms with E-state index >= 15 is 0 Å². The van der Waals surface area contributed by atoms with Crippen LogP contribution in [0.1, 0.15) is 33.6 Å². The van der Waals surface area contributed by atoms with E-state index in [4.69, 9.17) is 15.6 Å². The van der Waals surface area contributed by atoms with Gasteiger partial charge in [-0.05, 0) is 24.2 Å². The van der Waals surface area contributed by atoms with Crippen molar-refractivity contribution in [3.05, 3.63) is 0 Å². The number of amides is 1. The van der Waals surface area contributed by atoms with Crippen molar-refractivity contribution in [2.45, 2.75) is 45.8 Å². The molecule has 0 spiro atoms. The molecule has 0 aromatic heterocycles. The standard InChI is InChI=1S/C15H26N2O4/c1-9-11(16)5-4-10(15(9,2)3)13(18)17-6-7-21-12(8-17)14(19)20/h9-12H,4-8,16H2,1-3H3,(H,19,20). The van der Waals surface area contributed by atoms with E-state index in [-0.39, 0.29) is 42.4 Å². The van der Waals surface area contributed by atoms with Crippen LogP contribution in [0.25, 0.3) is 0 Å². The molecule has 6 nitrogen and oxygen atoms in total. The van der Waals surface area contributed by atoms with Gasteiger partial charge in [-0.1, -0.05) is 20.8 Å². The minimum atomic E-state index is -1.01. The van der Waals surface area contributed by atoms with Gasteiger partial charge < -0.3 is 20.5 Å². The summed E-state index contributed by atoms with van der Waals surface area (Å²) in [5.74, 6) is -0.796. The molecule has 0 radical (unpaired) electrons. The highest BCUT2D eigenvalue weighted by Gasteiger charge is 2.47. The smallest absolute Gasteiger partial charge is 0.334 e. The number of morpholine rings is 1. The van der Waals surface area contributed by atoms with Gasteiger partial charge in [0.1, 0.15) is 0 Å². The van der Waals surface area contributed by atoms with Gasteiger partial charge in [-0.25, -0.2) is 4.79 Å². The zero-order chi connectivity index (χ0) is 15.8. The van der Waals surface area contributed by atoms with Gasteiger partial charge in [0.05, 0.1) is 13.2 Å². The van der Waals surface area contributed by atoms with Gasteiger partial charge in [0.15, 0.2) is 6.10 Å². The number of hydrogen-bond acceptors (Lipinski definition) is 4. The summed E-state index contributed by atoms with van der Waals surface area (Å²) >= 11 is 0. The molecule has 21 heavy (non-hydrogen) atoms. The number of nitrogens with two attached hydrogens (primary N) is 1. The summed E-state index contributed by atoms with van der Waals surface area (Å²) in [6.07, 6.45) is 0.703. The Kier molecular flexibility index (Phi) is 4.58. The second-order valence-corrected chi connectivity index (χ2v) is 6.89. The molecule has 120 valence electrons. The Morgan fingerprint density at radius 2 is 2.00 bits per heavy atom. The van der Waals surface area contributed by atoms with Gasteiger partial charge in [0, 0.05) is 18.5 Å². The van der Waals surface area contributed by atoms with Crippen LogP contribution in [0, 0.1) is 17.3 Å². The van der Waals surface area contributed by atoms with Crippen molar-refractivity contribution in [2.75, 3.05) is 19.7 Å². The monoisotopic (exact) mass is 298 g/mol. The molecule has 3 N–H and O–H groups in total. The van der Waals surface area contributed by atoms with Gasteiger partial charge in [-0.15, -0.1) is 0 Å². The van der Waals surface area contributed by atoms with Crippen molar-refractivity contribution in [2.24, 2.45) is 23.0 Å². The maximum absolute atomic E-state index is 12.8. The van der Waals surface area contributed by atoms with Crippen LogP contribution < -0.4 is 5.73 Å². The van der Waals surface area contributed by atoms with Crippen LogP contribution in [0.15, 0.2) is 0 Å². The third-order valence-electron chi connectivity index (χ3n) is 5.45. The molecular weight excluding hydrogens is 272 g/mol. The Hall–Kier alpha value is -1.14. The number of carbonyl (C=O) groups excluding carboxylic acids is 1. The van der Waals surface area contributed by atoms with Gasteiger partial charge in [-0.2, -0.15) is 0 Å². The Morgan fingerprint density at radius 3 is 2.62 bits per heavy atom. The lowest BCUT2D eigenvalue weighted by Crippen LogP contribution is -2.56. The normalized spacial score (nSPS) is 36.3. The Bertz CT molecular complexity index is 424. The van der Waals surface area contributed by atoms with Crippen molar-refractivity contribution >= 4 is 11.9 Å². The molecule has 1 saturated carbocycles. The van der Waals surface area contributed by atoms with Crippen molar-refractivity contribution in [1.82, 2.24) is 4.90 Å². The average molecular weight is 298 g/mol. The van der Waals surface area contributed by atoms with Crippen molar-refractivity contribution in [1.29, 1.82) is 0 Å². The molecule has 1 amide bonds. The number of nitrogens with zero attached hydrogens (tertiary/aromatic N) is 1. The first-order chi connectivity index (χ1) is 9.75. The highest BCUT2D eigenvalue weighted by molar-refractivity contribution is 5.81. The number of rotatable bonds is 2. The molecule has 6 heteroatoms. The molecule has 4 unspecified atom stereocenters. The summed E-state index contributed by atoms with van der Waals surface area (Å²) in [6, 6.07) is 0.125. The first kappa shape index (κ1) is 16.2. The van der Waals surface area contributed by atoms with Crippen LogP contribution in [-0.2, 0) is 14.3 Å². The maximum Gasteiger partial charge on any atom is 0.334 e. The lowest BCUT2D eigenvalue weighted by atomic mass is 9.60. The minimum absolute atomic E-state index is 0.0494. The van der Waals surface area contributed by atoms with Crippen molar-refractivity contribution in [3.63, 3.8) is 0 Å². The molecule has 4 atom stereocenters. The molecule has 1 aliphatic heterocycles. The first-order valence-electron chi connectivity index (χ1n) is 7.64. The van der Waals surface area contributed by atoms with Crippen molar-refractivity contribution < 1.29 is 19.4 Å². The molecule has 1 aliphatic carbocycles.